The summed E-state index contributed by atoms with van der Waals surface area (Å²) in [6.07, 6.45) is 0. The molecule has 0 fully saturated rings. The van der Waals surface area contributed by atoms with Gasteiger partial charge in [0.15, 0.2) is 0 Å². The fraction of sp³-hybridized carbons (Fsp3) is 0.200. The molecule has 9 heteroatoms. The highest BCUT2D eigenvalue weighted by Gasteiger charge is 2.13. The maximum absolute atomic E-state index is 12.3. The van der Waals surface area contributed by atoms with Crippen LogP contribution < -0.4 is 20.1 Å². The Morgan fingerprint density at radius 2 is 1.14 bits per heavy atom. The summed E-state index contributed by atoms with van der Waals surface area (Å²) < 4.78 is 10.7. The van der Waals surface area contributed by atoms with Crippen LogP contribution in [0.1, 0.15) is 34.6 Å². The molecule has 0 aliphatic heterocycles. The van der Waals surface area contributed by atoms with E-state index >= 15 is 0 Å². The maximum Gasteiger partial charge on any atom is 0.257 e. The van der Waals surface area contributed by atoms with Crippen LogP contribution >= 0.6 is 11.3 Å². The lowest BCUT2D eigenvalue weighted by molar-refractivity contribution is 0.101. The van der Waals surface area contributed by atoms with Gasteiger partial charge in [0, 0.05) is 11.1 Å². The SMILES string of the molecule is CCOc1ccc(C(=O)Nc2nnc(NC(=O)c3ccc(OCC)cc3)s2)cc1. The van der Waals surface area contributed by atoms with Gasteiger partial charge in [0.1, 0.15) is 11.5 Å². The first kappa shape index (κ1) is 20.3. The summed E-state index contributed by atoms with van der Waals surface area (Å²) in [7, 11) is 0. The number of carbonyl (C=O) groups excluding carboxylic acids is 2. The number of nitrogens with one attached hydrogen (secondary N) is 2. The third-order valence-corrected chi connectivity index (χ3v) is 4.48. The lowest BCUT2D eigenvalue weighted by Gasteiger charge is -2.05. The van der Waals surface area contributed by atoms with Crippen LogP contribution in [0.2, 0.25) is 0 Å². The summed E-state index contributed by atoms with van der Waals surface area (Å²) in [6.45, 7) is 4.90. The van der Waals surface area contributed by atoms with Crippen molar-refractivity contribution >= 4 is 33.4 Å². The molecule has 1 heterocycles. The number of amides is 2. The van der Waals surface area contributed by atoms with E-state index in [0.717, 1.165) is 11.3 Å². The maximum atomic E-state index is 12.3. The van der Waals surface area contributed by atoms with E-state index in [0.29, 0.717) is 35.8 Å². The van der Waals surface area contributed by atoms with Crippen molar-refractivity contribution in [1.82, 2.24) is 10.2 Å². The second-order valence-corrected chi connectivity index (χ2v) is 6.71. The van der Waals surface area contributed by atoms with Crippen molar-refractivity contribution < 1.29 is 19.1 Å². The van der Waals surface area contributed by atoms with Gasteiger partial charge in [-0.15, -0.1) is 10.2 Å². The zero-order valence-corrected chi connectivity index (χ0v) is 16.8. The second kappa shape index (κ2) is 9.65. The zero-order chi connectivity index (χ0) is 20.6. The predicted molar refractivity (Wildman–Crippen MR) is 111 cm³/mol. The molecule has 0 aliphatic carbocycles. The van der Waals surface area contributed by atoms with Gasteiger partial charge in [0.05, 0.1) is 13.2 Å². The summed E-state index contributed by atoms with van der Waals surface area (Å²) in [5.41, 5.74) is 0.923. The molecule has 150 valence electrons. The van der Waals surface area contributed by atoms with Gasteiger partial charge in [-0.25, -0.2) is 0 Å². The number of benzene rings is 2. The van der Waals surface area contributed by atoms with Crippen LogP contribution in [-0.4, -0.2) is 35.2 Å². The summed E-state index contributed by atoms with van der Waals surface area (Å²) in [5.74, 6) is 0.737. The lowest BCUT2D eigenvalue weighted by Crippen LogP contribution is -2.11. The summed E-state index contributed by atoms with van der Waals surface area (Å²) in [4.78, 5) is 24.6. The van der Waals surface area contributed by atoms with Gasteiger partial charge in [0.25, 0.3) is 11.8 Å². The van der Waals surface area contributed by atoms with Gasteiger partial charge in [-0.1, -0.05) is 11.3 Å². The number of nitrogens with zero attached hydrogens (tertiary/aromatic N) is 2. The molecular formula is C20H20N4O4S. The fourth-order valence-electron chi connectivity index (χ4n) is 2.40. The standard InChI is InChI=1S/C20H20N4O4S/c1-3-27-15-9-5-13(6-10-15)17(25)21-19-23-24-20(29-19)22-18(26)14-7-11-16(12-8-14)28-4-2/h5-12H,3-4H2,1-2H3,(H,21,23,25)(H,22,24,26). The molecule has 0 atom stereocenters. The molecule has 0 bridgehead atoms. The third-order valence-electron chi connectivity index (χ3n) is 3.72. The Bertz CT molecular complexity index is 893. The Balaban J connectivity index is 1.58. The van der Waals surface area contributed by atoms with Crippen LogP contribution in [0.4, 0.5) is 10.3 Å². The summed E-state index contributed by atoms with van der Waals surface area (Å²) >= 11 is 1.07. The third kappa shape index (κ3) is 5.52. The molecule has 8 nitrogen and oxygen atoms in total. The molecule has 2 aromatic carbocycles. The molecule has 0 radical (unpaired) electrons. The van der Waals surface area contributed by atoms with Gasteiger partial charge in [-0.3, -0.25) is 20.2 Å². The molecule has 3 rings (SSSR count). The average molecular weight is 412 g/mol. The lowest BCUT2D eigenvalue weighted by atomic mass is 10.2. The number of hydrogen-bond donors (Lipinski definition) is 2. The van der Waals surface area contributed by atoms with E-state index in [1.165, 1.54) is 0 Å². The Labute approximate surface area is 171 Å². The second-order valence-electron chi connectivity index (χ2n) is 5.74. The number of aromatic nitrogens is 2. The topological polar surface area (TPSA) is 102 Å². The van der Waals surface area contributed by atoms with Crippen LogP contribution in [0.15, 0.2) is 48.5 Å². The first-order valence-corrected chi connectivity index (χ1v) is 9.82. The largest absolute Gasteiger partial charge is 0.494 e. The Hall–Kier alpha value is -3.46. The number of carbonyl (C=O) groups is 2. The first-order chi connectivity index (χ1) is 14.1. The first-order valence-electron chi connectivity index (χ1n) is 9.01. The van der Waals surface area contributed by atoms with Crippen molar-refractivity contribution in [2.75, 3.05) is 23.8 Å². The van der Waals surface area contributed by atoms with Crippen LogP contribution in [0.25, 0.3) is 0 Å². The van der Waals surface area contributed by atoms with Crippen LogP contribution in [0, 0.1) is 0 Å². The van der Waals surface area contributed by atoms with Crippen LogP contribution in [-0.2, 0) is 0 Å². The highest BCUT2D eigenvalue weighted by Crippen LogP contribution is 2.22. The molecule has 0 saturated carbocycles. The molecular weight excluding hydrogens is 392 g/mol. The van der Waals surface area contributed by atoms with Crippen molar-refractivity contribution in [1.29, 1.82) is 0 Å². The van der Waals surface area contributed by atoms with Crippen molar-refractivity contribution in [2.24, 2.45) is 0 Å². The quantitative estimate of drug-likeness (QED) is 0.583. The molecule has 2 N–H and O–H groups in total. The van der Waals surface area contributed by atoms with E-state index in [9.17, 15) is 9.59 Å². The van der Waals surface area contributed by atoms with E-state index in [4.69, 9.17) is 9.47 Å². The van der Waals surface area contributed by atoms with Crippen molar-refractivity contribution in [2.45, 2.75) is 13.8 Å². The number of rotatable bonds is 8. The molecule has 0 aliphatic rings. The number of hydrogen-bond acceptors (Lipinski definition) is 7. The Morgan fingerprint density at radius 1 is 0.759 bits per heavy atom. The van der Waals surface area contributed by atoms with Gasteiger partial charge in [0.2, 0.25) is 10.3 Å². The minimum Gasteiger partial charge on any atom is -0.494 e. The number of ether oxygens (including phenoxy) is 2. The van der Waals surface area contributed by atoms with Crippen LogP contribution in [0.3, 0.4) is 0 Å². The Kier molecular flexibility index (Phi) is 6.75. The van der Waals surface area contributed by atoms with Crippen molar-refractivity contribution in [3.05, 3.63) is 59.7 Å². The van der Waals surface area contributed by atoms with Gasteiger partial charge in [-0.05, 0) is 62.4 Å². The minimum atomic E-state index is -0.325. The molecule has 0 unspecified atom stereocenters. The van der Waals surface area contributed by atoms with Gasteiger partial charge >= 0.3 is 0 Å². The van der Waals surface area contributed by atoms with E-state index in [2.05, 4.69) is 20.8 Å². The summed E-state index contributed by atoms with van der Waals surface area (Å²) in [6, 6.07) is 13.5. The zero-order valence-electron chi connectivity index (χ0n) is 16.0. The molecule has 2 amide bonds. The molecule has 0 spiro atoms. The molecule has 1 aromatic heterocycles. The molecule has 29 heavy (non-hydrogen) atoms. The van der Waals surface area contributed by atoms with Crippen LogP contribution in [0.5, 0.6) is 11.5 Å². The predicted octanol–water partition coefficient (Wildman–Crippen LogP) is 3.84. The average Bonchev–Trinajstić information content (AvgIpc) is 3.16. The molecule has 0 saturated heterocycles. The van der Waals surface area contributed by atoms with Gasteiger partial charge < -0.3 is 9.47 Å². The van der Waals surface area contributed by atoms with E-state index < -0.39 is 0 Å². The fourth-order valence-corrected chi connectivity index (χ4v) is 3.04. The highest BCUT2D eigenvalue weighted by molar-refractivity contribution is 7.19. The smallest absolute Gasteiger partial charge is 0.257 e. The highest BCUT2D eigenvalue weighted by atomic mass is 32.1. The number of anilines is 2. The monoisotopic (exact) mass is 412 g/mol. The summed E-state index contributed by atoms with van der Waals surface area (Å²) in [5, 5.41) is 13.7. The van der Waals surface area contributed by atoms with Gasteiger partial charge in [-0.2, -0.15) is 0 Å². The normalized spacial score (nSPS) is 10.3. The van der Waals surface area contributed by atoms with E-state index in [1.807, 2.05) is 13.8 Å². The minimum absolute atomic E-state index is 0.283. The Morgan fingerprint density at radius 3 is 1.48 bits per heavy atom. The van der Waals surface area contributed by atoms with Crippen molar-refractivity contribution in [3.8, 4) is 11.5 Å². The molecule has 3 aromatic rings. The van der Waals surface area contributed by atoms with E-state index in [-0.39, 0.29) is 22.1 Å². The van der Waals surface area contributed by atoms with E-state index in [1.54, 1.807) is 48.5 Å². The van der Waals surface area contributed by atoms with Crippen molar-refractivity contribution in [3.63, 3.8) is 0 Å².